The van der Waals surface area contributed by atoms with Gasteiger partial charge in [0.05, 0.1) is 42.3 Å². The molecule has 0 bridgehead atoms. The van der Waals surface area contributed by atoms with E-state index in [0.29, 0.717) is 5.75 Å². The smallest absolute Gasteiger partial charge is 0.416 e. The Morgan fingerprint density at radius 1 is 1.11 bits per heavy atom. The van der Waals surface area contributed by atoms with E-state index in [-0.39, 0.29) is 53.2 Å². The van der Waals surface area contributed by atoms with Gasteiger partial charge < -0.3 is 29.7 Å². The van der Waals surface area contributed by atoms with E-state index in [4.69, 9.17) is 9.47 Å². The van der Waals surface area contributed by atoms with Gasteiger partial charge in [-0.1, -0.05) is 6.92 Å². The van der Waals surface area contributed by atoms with Crippen molar-refractivity contribution in [3.05, 3.63) is 77.9 Å². The van der Waals surface area contributed by atoms with Gasteiger partial charge in [0.15, 0.2) is 0 Å². The Kier molecular flexibility index (Phi) is 10.4. The first-order valence-corrected chi connectivity index (χ1v) is 15.7. The van der Waals surface area contributed by atoms with Crippen LogP contribution in [0.2, 0.25) is 0 Å². The highest BCUT2D eigenvalue weighted by Gasteiger charge is 2.35. The number of carbonyl (C=O) groups is 2. The number of nitrogens with one attached hydrogen (secondary N) is 2. The molecule has 3 atom stereocenters. The van der Waals surface area contributed by atoms with Gasteiger partial charge in [0.1, 0.15) is 17.6 Å². The normalized spacial score (nSPS) is 17.6. The van der Waals surface area contributed by atoms with E-state index < -0.39 is 45.8 Å². The standard InChI is InChI=1S/C31H35F3N4O7S/c1-19-16-38(20(2)18-39)29(40)26-15-23(36-46(42,43)25-12-10-24(44-4)11-13-25)9-14-27(26)45-28(19)17-37(3)30(41)35-22-7-5-21(6-8-22)31(32,33)34/h5-15,19-20,28,36,39H,16-18H2,1-4H3,(H,35,41)/t19-,20+,28-/m1/s1. The van der Waals surface area contributed by atoms with Crippen LogP contribution in [-0.4, -0.2) is 81.3 Å². The number of sulfonamides is 1. The number of likely N-dealkylation sites (N-methyl/N-ethyl adjacent to an activating group) is 1. The van der Waals surface area contributed by atoms with Crippen molar-refractivity contribution in [2.75, 3.05) is 43.9 Å². The number of anilines is 2. The van der Waals surface area contributed by atoms with Gasteiger partial charge in [0, 0.05) is 30.9 Å². The summed E-state index contributed by atoms with van der Waals surface area (Å²) in [6.45, 7) is 3.31. The van der Waals surface area contributed by atoms with E-state index in [9.17, 15) is 36.3 Å². The number of carbonyl (C=O) groups excluding carboxylic acids is 2. The van der Waals surface area contributed by atoms with Crippen LogP contribution < -0.4 is 19.5 Å². The highest BCUT2D eigenvalue weighted by Crippen LogP contribution is 2.32. The van der Waals surface area contributed by atoms with Crippen LogP contribution in [0, 0.1) is 5.92 Å². The highest BCUT2D eigenvalue weighted by molar-refractivity contribution is 7.92. The molecule has 1 aliphatic heterocycles. The van der Waals surface area contributed by atoms with E-state index in [1.165, 1.54) is 66.4 Å². The molecule has 3 amide bonds. The summed E-state index contributed by atoms with van der Waals surface area (Å²) < 4.78 is 78.6. The average Bonchev–Trinajstić information content (AvgIpc) is 3.02. The van der Waals surface area contributed by atoms with Gasteiger partial charge in [-0.15, -0.1) is 0 Å². The number of aliphatic hydroxyl groups is 1. The topological polar surface area (TPSA) is 138 Å². The zero-order chi connectivity index (χ0) is 33.8. The van der Waals surface area contributed by atoms with Crippen LogP contribution in [0.3, 0.4) is 0 Å². The molecule has 0 saturated carbocycles. The monoisotopic (exact) mass is 664 g/mol. The van der Waals surface area contributed by atoms with Crippen LogP contribution in [-0.2, 0) is 16.2 Å². The molecule has 0 fully saturated rings. The number of hydrogen-bond acceptors (Lipinski definition) is 7. The molecule has 3 aromatic carbocycles. The van der Waals surface area contributed by atoms with Crippen molar-refractivity contribution in [3.63, 3.8) is 0 Å². The Morgan fingerprint density at radius 2 is 1.74 bits per heavy atom. The molecule has 1 aliphatic rings. The summed E-state index contributed by atoms with van der Waals surface area (Å²) in [6, 6.07) is 12.9. The molecular weight excluding hydrogens is 629 g/mol. The van der Waals surface area contributed by atoms with E-state index in [2.05, 4.69) is 10.0 Å². The molecule has 4 rings (SSSR count). The van der Waals surface area contributed by atoms with E-state index in [1.807, 2.05) is 6.92 Å². The molecule has 46 heavy (non-hydrogen) atoms. The first-order chi connectivity index (χ1) is 21.6. The van der Waals surface area contributed by atoms with Crippen molar-refractivity contribution in [1.29, 1.82) is 0 Å². The fourth-order valence-electron chi connectivity index (χ4n) is 4.79. The van der Waals surface area contributed by atoms with Gasteiger partial charge in [-0.05, 0) is 73.7 Å². The third-order valence-corrected chi connectivity index (χ3v) is 8.95. The third kappa shape index (κ3) is 8.01. The summed E-state index contributed by atoms with van der Waals surface area (Å²) in [5.74, 6) is -0.213. The predicted octanol–water partition coefficient (Wildman–Crippen LogP) is 4.90. The molecule has 0 saturated heterocycles. The summed E-state index contributed by atoms with van der Waals surface area (Å²) in [5.41, 5.74) is -0.535. The van der Waals surface area contributed by atoms with Crippen LogP contribution in [0.5, 0.6) is 11.5 Å². The minimum Gasteiger partial charge on any atom is -0.497 e. The maximum Gasteiger partial charge on any atom is 0.416 e. The lowest BCUT2D eigenvalue weighted by Crippen LogP contribution is -2.50. The number of fused-ring (bicyclic) bond motifs is 1. The van der Waals surface area contributed by atoms with Gasteiger partial charge in [0.2, 0.25) is 0 Å². The van der Waals surface area contributed by atoms with Crippen LogP contribution in [0.1, 0.15) is 29.8 Å². The van der Waals surface area contributed by atoms with E-state index in [0.717, 1.165) is 24.3 Å². The highest BCUT2D eigenvalue weighted by atomic mass is 32.2. The van der Waals surface area contributed by atoms with Gasteiger partial charge in [0.25, 0.3) is 15.9 Å². The second-order valence-corrected chi connectivity index (χ2v) is 12.7. The van der Waals surface area contributed by atoms with Gasteiger partial charge in [-0.2, -0.15) is 13.2 Å². The summed E-state index contributed by atoms with van der Waals surface area (Å²) >= 11 is 0. The van der Waals surface area contributed by atoms with Gasteiger partial charge in [-0.25, -0.2) is 13.2 Å². The third-order valence-electron chi connectivity index (χ3n) is 7.55. The van der Waals surface area contributed by atoms with Crippen molar-refractivity contribution in [3.8, 4) is 11.5 Å². The second kappa shape index (κ2) is 13.9. The molecule has 0 spiro atoms. The van der Waals surface area contributed by atoms with Crippen LogP contribution in [0.25, 0.3) is 0 Å². The number of methoxy groups -OCH3 is 1. The second-order valence-electron chi connectivity index (χ2n) is 11.0. The number of nitrogens with zero attached hydrogens (tertiary/aromatic N) is 2. The molecule has 248 valence electrons. The minimum atomic E-state index is -4.51. The van der Waals surface area contributed by atoms with Crippen molar-refractivity contribution in [1.82, 2.24) is 9.80 Å². The van der Waals surface area contributed by atoms with Crippen molar-refractivity contribution in [2.45, 2.75) is 37.1 Å². The number of amides is 3. The molecule has 0 radical (unpaired) electrons. The van der Waals surface area contributed by atoms with Crippen LogP contribution >= 0.6 is 0 Å². The Balaban J connectivity index is 1.57. The van der Waals surface area contributed by atoms with E-state index >= 15 is 0 Å². The number of hydrogen-bond donors (Lipinski definition) is 3. The quantitative estimate of drug-likeness (QED) is 0.296. The largest absolute Gasteiger partial charge is 0.497 e. The number of urea groups is 1. The Labute approximate surface area is 265 Å². The summed E-state index contributed by atoms with van der Waals surface area (Å²) in [4.78, 5) is 29.4. The van der Waals surface area contributed by atoms with Crippen molar-refractivity contribution in [2.24, 2.45) is 5.92 Å². The Bertz CT molecular complexity index is 1650. The van der Waals surface area contributed by atoms with Gasteiger partial charge >= 0.3 is 12.2 Å². The maximum absolute atomic E-state index is 13.7. The summed E-state index contributed by atoms with van der Waals surface area (Å²) in [6.07, 6.45) is -5.18. The SMILES string of the molecule is COc1ccc(S(=O)(=O)Nc2ccc3c(c2)C(=O)N([C@@H](C)CO)C[C@@H](C)[C@@H](CN(C)C(=O)Nc2ccc(C(F)(F)F)cc2)O3)cc1. The first kappa shape index (κ1) is 34.4. The van der Waals surface area contributed by atoms with Crippen molar-refractivity contribution < 1.29 is 45.8 Å². The first-order valence-electron chi connectivity index (χ1n) is 14.2. The number of benzene rings is 3. The average molecular weight is 665 g/mol. The molecule has 15 heteroatoms. The predicted molar refractivity (Wildman–Crippen MR) is 165 cm³/mol. The molecule has 0 aromatic heterocycles. The van der Waals surface area contributed by atoms with E-state index in [1.54, 1.807) is 6.92 Å². The molecule has 0 aliphatic carbocycles. The Morgan fingerprint density at radius 3 is 2.33 bits per heavy atom. The maximum atomic E-state index is 13.7. The van der Waals surface area contributed by atoms with Crippen molar-refractivity contribution >= 4 is 33.3 Å². The lowest BCUT2D eigenvalue weighted by atomic mass is 9.99. The number of aliphatic hydroxyl groups excluding tert-OH is 1. The number of alkyl halides is 3. The van der Waals surface area contributed by atoms with Crippen LogP contribution in [0.4, 0.5) is 29.3 Å². The summed E-state index contributed by atoms with van der Waals surface area (Å²) in [7, 11) is -1.08. The number of rotatable bonds is 9. The zero-order valence-corrected chi connectivity index (χ0v) is 26.4. The molecule has 1 heterocycles. The lowest BCUT2D eigenvalue weighted by molar-refractivity contribution is -0.137. The zero-order valence-electron chi connectivity index (χ0n) is 25.5. The molecule has 3 N–H and O–H groups in total. The molecule has 0 unspecified atom stereocenters. The molecular formula is C31H35F3N4O7S. The number of halogens is 3. The molecule has 11 nitrogen and oxygen atoms in total. The lowest BCUT2D eigenvalue weighted by Gasteiger charge is -2.38. The molecule has 3 aromatic rings. The number of ether oxygens (including phenoxy) is 2. The van der Waals surface area contributed by atoms with Gasteiger partial charge in [-0.3, -0.25) is 9.52 Å². The fourth-order valence-corrected chi connectivity index (χ4v) is 5.84. The summed E-state index contributed by atoms with van der Waals surface area (Å²) in [5, 5.41) is 12.5. The van der Waals surface area contributed by atoms with Crippen LogP contribution in [0.15, 0.2) is 71.6 Å². The Hall–Kier alpha value is -4.50. The minimum absolute atomic E-state index is 0.0223. The fraction of sp³-hybridized carbons (Fsp3) is 0.355.